The van der Waals surface area contributed by atoms with Gasteiger partial charge in [-0.2, -0.15) is 13.2 Å². The van der Waals surface area contributed by atoms with Gasteiger partial charge in [-0.15, -0.1) is 0 Å². The molecule has 4 nitrogen and oxygen atoms in total. The molecule has 112 valence electrons. The van der Waals surface area contributed by atoms with Crippen molar-refractivity contribution in [3.05, 3.63) is 29.3 Å². The first-order valence-corrected chi connectivity index (χ1v) is 6.27. The van der Waals surface area contributed by atoms with Crippen molar-refractivity contribution in [1.82, 2.24) is 5.32 Å². The van der Waals surface area contributed by atoms with E-state index in [1.807, 2.05) is 0 Å². The van der Waals surface area contributed by atoms with E-state index in [0.29, 0.717) is 30.6 Å². The maximum Gasteiger partial charge on any atom is 0.416 e. The van der Waals surface area contributed by atoms with Gasteiger partial charge >= 0.3 is 12.2 Å². The number of aryl methyl sites for hydroxylation is 1. The number of hydrogen-bond acceptors (Lipinski definition) is 2. The van der Waals surface area contributed by atoms with Gasteiger partial charge in [-0.05, 0) is 49.6 Å². The fourth-order valence-corrected chi connectivity index (χ4v) is 1.74. The number of nitrogens with two attached hydrogens (primary N) is 1. The van der Waals surface area contributed by atoms with Crippen LogP contribution in [-0.2, 0) is 12.6 Å². The van der Waals surface area contributed by atoms with Crippen LogP contribution in [0.5, 0.6) is 0 Å². The number of benzene rings is 1. The van der Waals surface area contributed by atoms with Crippen molar-refractivity contribution in [2.24, 2.45) is 5.73 Å². The highest BCUT2D eigenvalue weighted by Gasteiger charge is 2.31. The maximum absolute atomic E-state index is 12.7. The molecule has 0 aliphatic carbocycles. The number of carbonyl (C=O) groups is 1. The molecule has 0 saturated carbocycles. The summed E-state index contributed by atoms with van der Waals surface area (Å²) in [7, 11) is 1.44. The first-order valence-electron chi connectivity index (χ1n) is 6.27. The predicted octanol–water partition coefficient (Wildman–Crippen LogP) is 2.74. The molecule has 7 heteroatoms. The van der Waals surface area contributed by atoms with Crippen molar-refractivity contribution >= 4 is 11.7 Å². The molecule has 0 fully saturated rings. The minimum Gasteiger partial charge on any atom is -0.341 e. The Morgan fingerprint density at radius 3 is 2.55 bits per heavy atom. The summed E-state index contributed by atoms with van der Waals surface area (Å²) < 4.78 is 38.1. The molecule has 0 unspecified atom stereocenters. The van der Waals surface area contributed by atoms with Gasteiger partial charge in [0.15, 0.2) is 0 Å². The van der Waals surface area contributed by atoms with Gasteiger partial charge in [0.2, 0.25) is 0 Å². The molecule has 0 aliphatic rings. The van der Waals surface area contributed by atoms with Crippen molar-refractivity contribution in [2.75, 3.05) is 18.9 Å². The van der Waals surface area contributed by atoms with Gasteiger partial charge in [0.1, 0.15) is 0 Å². The van der Waals surface area contributed by atoms with E-state index in [1.165, 1.54) is 13.1 Å². The number of halogens is 3. The van der Waals surface area contributed by atoms with Crippen LogP contribution in [0.4, 0.5) is 23.7 Å². The highest BCUT2D eigenvalue weighted by Crippen LogP contribution is 2.32. The minimum absolute atomic E-state index is 0.384. The first-order chi connectivity index (χ1) is 9.38. The van der Waals surface area contributed by atoms with Crippen LogP contribution in [0.25, 0.3) is 0 Å². The number of urea groups is 1. The summed E-state index contributed by atoms with van der Waals surface area (Å²) in [5, 5.41) is 4.88. The van der Waals surface area contributed by atoms with Crippen LogP contribution in [-0.4, -0.2) is 19.6 Å². The van der Waals surface area contributed by atoms with Crippen LogP contribution in [0.1, 0.15) is 24.0 Å². The molecular weight excluding hydrogens is 271 g/mol. The van der Waals surface area contributed by atoms with Gasteiger partial charge in [-0.3, -0.25) is 0 Å². The quantitative estimate of drug-likeness (QED) is 0.730. The summed E-state index contributed by atoms with van der Waals surface area (Å²) in [5.41, 5.74) is 5.49. The van der Waals surface area contributed by atoms with E-state index in [-0.39, 0.29) is 0 Å². The predicted molar refractivity (Wildman–Crippen MR) is 71.5 cm³/mol. The van der Waals surface area contributed by atoms with Gasteiger partial charge in [-0.25, -0.2) is 4.79 Å². The van der Waals surface area contributed by atoms with Crippen molar-refractivity contribution in [3.8, 4) is 0 Å². The Morgan fingerprint density at radius 2 is 2.00 bits per heavy atom. The van der Waals surface area contributed by atoms with Crippen LogP contribution in [0.3, 0.4) is 0 Å². The number of carbonyl (C=O) groups excluding carboxylic acids is 1. The molecule has 1 aromatic rings. The molecule has 0 saturated heterocycles. The van der Waals surface area contributed by atoms with E-state index in [0.717, 1.165) is 18.6 Å². The zero-order chi connectivity index (χ0) is 15.2. The smallest absolute Gasteiger partial charge is 0.341 e. The van der Waals surface area contributed by atoms with Gasteiger partial charge in [-0.1, -0.05) is 0 Å². The number of alkyl halides is 3. The molecule has 0 aliphatic heterocycles. The zero-order valence-corrected chi connectivity index (χ0v) is 11.2. The fourth-order valence-electron chi connectivity index (χ4n) is 1.74. The Labute approximate surface area is 115 Å². The van der Waals surface area contributed by atoms with Gasteiger partial charge in [0, 0.05) is 12.7 Å². The summed E-state index contributed by atoms with van der Waals surface area (Å²) in [6.07, 6.45) is -2.58. The Hall–Kier alpha value is -1.76. The summed E-state index contributed by atoms with van der Waals surface area (Å²) in [5.74, 6) is 0. The standard InChI is InChI=1S/C13H18F3N3O/c1-18-12(20)19-11-6-5-10(13(14,15)16)8-9(11)4-2-3-7-17/h5-6,8H,2-4,7,17H2,1H3,(H2,18,19,20). The monoisotopic (exact) mass is 289 g/mol. The van der Waals surface area contributed by atoms with Crippen LogP contribution in [0, 0.1) is 0 Å². The van der Waals surface area contributed by atoms with Gasteiger partial charge in [0.25, 0.3) is 0 Å². The van der Waals surface area contributed by atoms with Gasteiger partial charge < -0.3 is 16.4 Å². The summed E-state index contributed by atoms with van der Waals surface area (Å²) in [6.45, 7) is 0.483. The second-order valence-corrected chi connectivity index (χ2v) is 4.32. The second-order valence-electron chi connectivity index (χ2n) is 4.32. The summed E-state index contributed by atoms with van der Waals surface area (Å²) in [4.78, 5) is 11.3. The van der Waals surface area contributed by atoms with E-state index in [2.05, 4.69) is 10.6 Å². The van der Waals surface area contributed by atoms with Crippen LogP contribution >= 0.6 is 0 Å². The lowest BCUT2D eigenvalue weighted by Crippen LogP contribution is -2.25. The zero-order valence-electron chi connectivity index (χ0n) is 11.2. The third-order valence-corrected chi connectivity index (χ3v) is 2.81. The van der Waals surface area contributed by atoms with Crippen molar-refractivity contribution in [1.29, 1.82) is 0 Å². The molecule has 0 spiro atoms. The van der Waals surface area contributed by atoms with E-state index >= 15 is 0 Å². The molecule has 20 heavy (non-hydrogen) atoms. The Bertz CT molecular complexity index is 461. The second kappa shape index (κ2) is 7.14. The molecule has 0 radical (unpaired) electrons. The number of nitrogens with one attached hydrogen (secondary N) is 2. The van der Waals surface area contributed by atoms with Crippen LogP contribution < -0.4 is 16.4 Å². The van der Waals surface area contributed by atoms with E-state index in [9.17, 15) is 18.0 Å². The molecule has 1 aromatic carbocycles. The SMILES string of the molecule is CNC(=O)Nc1ccc(C(F)(F)F)cc1CCCCN. The minimum atomic E-state index is -4.39. The number of unbranched alkanes of at least 4 members (excludes halogenated alkanes) is 1. The third-order valence-electron chi connectivity index (χ3n) is 2.81. The molecule has 4 N–H and O–H groups in total. The summed E-state index contributed by atoms with van der Waals surface area (Å²) in [6, 6.07) is 2.83. The maximum atomic E-state index is 12.7. The van der Waals surface area contributed by atoms with Crippen LogP contribution in [0.2, 0.25) is 0 Å². The molecule has 0 atom stereocenters. The average molecular weight is 289 g/mol. The first kappa shape index (κ1) is 16.3. The highest BCUT2D eigenvalue weighted by molar-refractivity contribution is 5.89. The molecule has 0 aromatic heterocycles. The summed E-state index contributed by atoms with van der Waals surface area (Å²) >= 11 is 0. The molecular formula is C13H18F3N3O. The van der Waals surface area contributed by atoms with Crippen LogP contribution in [0.15, 0.2) is 18.2 Å². The lowest BCUT2D eigenvalue weighted by molar-refractivity contribution is -0.137. The average Bonchev–Trinajstić information content (AvgIpc) is 2.39. The fraction of sp³-hybridized carbons (Fsp3) is 0.462. The normalized spacial score (nSPS) is 11.2. The largest absolute Gasteiger partial charge is 0.416 e. The van der Waals surface area contributed by atoms with E-state index in [4.69, 9.17) is 5.73 Å². The number of anilines is 1. The number of rotatable bonds is 5. The van der Waals surface area contributed by atoms with E-state index < -0.39 is 17.8 Å². The highest BCUT2D eigenvalue weighted by atomic mass is 19.4. The van der Waals surface area contributed by atoms with Crippen molar-refractivity contribution in [2.45, 2.75) is 25.4 Å². The molecule has 0 bridgehead atoms. The Morgan fingerprint density at radius 1 is 1.30 bits per heavy atom. The molecule has 0 heterocycles. The lowest BCUT2D eigenvalue weighted by atomic mass is 10.0. The lowest BCUT2D eigenvalue weighted by Gasteiger charge is -2.14. The topological polar surface area (TPSA) is 67.2 Å². The van der Waals surface area contributed by atoms with Crippen molar-refractivity contribution in [3.63, 3.8) is 0 Å². The number of amides is 2. The van der Waals surface area contributed by atoms with E-state index in [1.54, 1.807) is 0 Å². The molecule has 1 rings (SSSR count). The Balaban J connectivity index is 2.99. The molecule has 2 amide bonds. The number of hydrogen-bond donors (Lipinski definition) is 3. The Kier molecular flexibility index (Phi) is 5.82. The third kappa shape index (κ3) is 4.73. The van der Waals surface area contributed by atoms with Crippen molar-refractivity contribution < 1.29 is 18.0 Å². The van der Waals surface area contributed by atoms with Gasteiger partial charge in [0.05, 0.1) is 5.56 Å².